The van der Waals surface area contributed by atoms with E-state index in [1.165, 1.54) is 18.5 Å². The summed E-state index contributed by atoms with van der Waals surface area (Å²) >= 11 is 0. The van der Waals surface area contributed by atoms with E-state index in [0.29, 0.717) is 30.3 Å². The fourth-order valence-electron chi connectivity index (χ4n) is 2.44. The molecule has 1 aromatic rings. The maximum atomic E-state index is 12.6. The Hall–Kier alpha value is -0.483. The first-order valence-electron chi connectivity index (χ1n) is 7.31. The third-order valence-corrected chi connectivity index (χ3v) is 4.64. The van der Waals surface area contributed by atoms with Gasteiger partial charge >= 0.3 is 18.9 Å². The number of hydrogen-bond donors (Lipinski definition) is 0. The second kappa shape index (κ2) is 9.52. The van der Waals surface area contributed by atoms with Gasteiger partial charge in [0.05, 0.1) is 13.2 Å². The number of benzene rings is 1. The first-order chi connectivity index (χ1) is 9.76. The Morgan fingerprint density at radius 3 is 2.10 bits per heavy atom. The van der Waals surface area contributed by atoms with E-state index >= 15 is 0 Å². The van der Waals surface area contributed by atoms with Crippen molar-refractivity contribution >= 4 is 33.0 Å². The van der Waals surface area contributed by atoms with E-state index in [1.54, 1.807) is 0 Å². The number of carbonyl (C=O) groups excluding carboxylic acids is 1. The predicted molar refractivity (Wildman–Crippen MR) is 90.3 cm³/mol. The summed E-state index contributed by atoms with van der Waals surface area (Å²) in [4.78, 5) is 12.6. The molecule has 1 radical (unpaired) electrons. The summed E-state index contributed by atoms with van der Waals surface area (Å²) in [5.74, 6) is 1.30. The summed E-state index contributed by atoms with van der Waals surface area (Å²) in [7, 11) is 0.257. The molecule has 21 heavy (non-hydrogen) atoms. The monoisotopic (exact) mass is 301 g/mol. The van der Waals surface area contributed by atoms with Crippen molar-refractivity contribution < 1.29 is 14.3 Å². The van der Waals surface area contributed by atoms with Gasteiger partial charge in [-0.3, -0.25) is 4.79 Å². The van der Waals surface area contributed by atoms with Gasteiger partial charge in [0.15, 0.2) is 5.52 Å². The van der Waals surface area contributed by atoms with Crippen molar-refractivity contribution in [3.63, 3.8) is 0 Å². The summed E-state index contributed by atoms with van der Waals surface area (Å²) < 4.78 is 11.2. The van der Waals surface area contributed by atoms with Crippen LogP contribution in [-0.2, 0) is 0 Å². The molecule has 1 aromatic carbocycles. The number of rotatable bonds is 7. The van der Waals surface area contributed by atoms with Crippen LogP contribution in [0.15, 0.2) is 18.2 Å². The zero-order valence-electron chi connectivity index (χ0n) is 12.2. The van der Waals surface area contributed by atoms with Crippen LogP contribution >= 0.6 is 8.58 Å². The van der Waals surface area contributed by atoms with Gasteiger partial charge in [0.25, 0.3) is 0 Å². The Labute approximate surface area is 141 Å². The molecule has 0 aliphatic heterocycles. The van der Waals surface area contributed by atoms with Crippen molar-refractivity contribution in [1.29, 1.82) is 0 Å². The first kappa shape index (κ1) is 18.6. The number of carbonyl (C=O) groups is 1. The molecular weight excluding hydrogens is 278 g/mol. The molecule has 111 valence electrons. The number of hydrogen-bond acceptors (Lipinski definition) is 3. The van der Waals surface area contributed by atoms with E-state index in [0.717, 1.165) is 12.8 Å². The second-order valence-corrected chi connectivity index (χ2v) is 6.17. The van der Waals surface area contributed by atoms with E-state index in [2.05, 4.69) is 0 Å². The van der Waals surface area contributed by atoms with Gasteiger partial charge in [-0.1, -0.05) is 18.9 Å². The average molecular weight is 301 g/mol. The molecule has 1 atom stereocenters. The quantitative estimate of drug-likeness (QED) is 0.568. The summed E-state index contributed by atoms with van der Waals surface area (Å²) in [6.07, 6.45) is 4.65. The molecule has 1 unspecified atom stereocenters. The average Bonchev–Trinajstić information content (AvgIpc) is 2.92. The van der Waals surface area contributed by atoms with E-state index < -0.39 is 0 Å². The van der Waals surface area contributed by atoms with Crippen LogP contribution in [0.25, 0.3) is 0 Å². The van der Waals surface area contributed by atoms with Gasteiger partial charge < -0.3 is 9.47 Å². The second-order valence-electron chi connectivity index (χ2n) is 4.76. The summed E-state index contributed by atoms with van der Waals surface area (Å²) in [5, 5.41) is 0. The van der Waals surface area contributed by atoms with Gasteiger partial charge in [0, 0.05) is 5.66 Å². The summed E-state index contributed by atoms with van der Waals surface area (Å²) in [6, 6.07) is 5.57. The summed E-state index contributed by atoms with van der Waals surface area (Å²) in [5.41, 5.74) is 2.16. The van der Waals surface area contributed by atoms with Crippen LogP contribution in [0.5, 0.6) is 11.5 Å². The minimum atomic E-state index is 0. The standard InChI is InChI=1S/C16H22O3P.Li.H/c1-3-18-13-10-7-11-14(19-4-2)15(13)16(17)20-12-8-5-6-9-12;;/h7,10-11,20H,3-6,8-9H2,1-2H3;;. The molecule has 1 aliphatic carbocycles. The molecule has 5 heteroatoms. The van der Waals surface area contributed by atoms with Crippen molar-refractivity contribution in [2.45, 2.75) is 39.5 Å². The molecule has 0 N–H and O–H groups in total. The van der Waals surface area contributed by atoms with Crippen molar-refractivity contribution in [2.24, 2.45) is 0 Å². The molecule has 0 bridgehead atoms. The van der Waals surface area contributed by atoms with Crippen LogP contribution in [-0.4, -0.2) is 37.6 Å². The van der Waals surface area contributed by atoms with Crippen molar-refractivity contribution in [3.05, 3.63) is 29.4 Å². The van der Waals surface area contributed by atoms with Crippen molar-refractivity contribution in [3.8, 4) is 11.5 Å². The molecule has 1 aliphatic rings. The molecule has 0 spiro atoms. The Kier molecular flexibility index (Phi) is 8.41. The van der Waals surface area contributed by atoms with Crippen LogP contribution in [0.4, 0.5) is 0 Å². The molecule has 0 heterocycles. The molecule has 0 amide bonds. The van der Waals surface area contributed by atoms with E-state index in [1.807, 2.05) is 32.0 Å². The zero-order chi connectivity index (χ0) is 14.4. The Balaban J connectivity index is 0.00000220. The third kappa shape index (κ3) is 5.03. The first-order valence-corrected chi connectivity index (χ1v) is 8.31. The molecule has 1 saturated carbocycles. The molecule has 1 fully saturated rings. The van der Waals surface area contributed by atoms with Gasteiger partial charge in [0.1, 0.15) is 17.1 Å². The molecule has 2 rings (SSSR count). The van der Waals surface area contributed by atoms with Crippen LogP contribution < -0.4 is 9.47 Å². The predicted octanol–water partition coefficient (Wildman–Crippen LogP) is 3.76. The molecule has 3 nitrogen and oxygen atoms in total. The fourth-order valence-corrected chi connectivity index (χ4v) is 3.73. The minimum absolute atomic E-state index is 0. The zero-order valence-corrected chi connectivity index (χ0v) is 13.2. The molecular formula is C16H23LiO3P. The van der Waals surface area contributed by atoms with Crippen molar-refractivity contribution in [1.82, 2.24) is 0 Å². The van der Waals surface area contributed by atoms with E-state index in [-0.39, 0.29) is 33.0 Å². The van der Waals surface area contributed by atoms with Gasteiger partial charge in [-0.2, -0.15) is 0 Å². The van der Waals surface area contributed by atoms with Crippen LogP contribution in [0, 0.1) is 5.66 Å². The van der Waals surface area contributed by atoms with E-state index in [4.69, 9.17) is 9.47 Å². The summed E-state index contributed by atoms with van der Waals surface area (Å²) in [6.45, 7) is 4.95. The molecule has 0 aromatic heterocycles. The third-order valence-electron chi connectivity index (χ3n) is 3.31. The maximum absolute atomic E-state index is 12.6. The van der Waals surface area contributed by atoms with E-state index in [9.17, 15) is 4.79 Å². The van der Waals surface area contributed by atoms with Crippen LogP contribution in [0.2, 0.25) is 0 Å². The van der Waals surface area contributed by atoms with Crippen LogP contribution in [0.1, 0.15) is 49.9 Å². The van der Waals surface area contributed by atoms with Gasteiger partial charge in [-0.05, 0) is 47.4 Å². The Morgan fingerprint density at radius 2 is 1.62 bits per heavy atom. The Bertz CT molecular complexity index is 435. The fraction of sp³-hybridized carbons (Fsp3) is 0.500. The number of ether oxygens (including phenoxy) is 2. The Morgan fingerprint density at radius 1 is 1.10 bits per heavy atom. The van der Waals surface area contributed by atoms with Gasteiger partial charge in [-0.15, -0.1) is 0 Å². The van der Waals surface area contributed by atoms with Crippen LogP contribution in [0.3, 0.4) is 0 Å². The van der Waals surface area contributed by atoms with Gasteiger partial charge in [0.2, 0.25) is 0 Å². The van der Waals surface area contributed by atoms with Gasteiger partial charge in [-0.25, -0.2) is 0 Å². The SMILES string of the molecule is CCOc1cccc(OCC)c1C(=O)P[C]1CCCC1.[LiH]. The topological polar surface area (TPSA) is 35.5 Å². The molecule has 0 saturated heterocycles. The normalized spacial score (nSPS) is 15.1. The van der Waals surface area contributed by atoms with Crippen molar-refractivity contribution in [2.75, 3.05) is 13.2 Å².